The highest BCUT2D eigenvalue weighted by atomic mass is 35.5. The van der Waals surface area contributed by atoms with Crippen molar-refractivity contribution in [1.29, 1.82) is 0 Å². The maximum absolute atomic E-state index is 10.3. The molecule has 4 nitrogen and oxygen atoms in total. The summed E-state index contributed by atoms with van der Waals surface area (Å²) >= 11 is 0. The monoisotopic (exact) mass is 181 g/mol. The van der Waals surface area contributed by atoms with E-state index in [9.17, 15) is 4.79 Å². The van der Waals surface area contributed by atoms with Gasteiger partial charge in [-0.05, 0) is 6.92 Å². The van der Waals surface area contributed by atoms with Crippen molar-refractivity contribution in [3.8, 4) is 0 Å². The van der Waals surface area contributed by atoms with Crippen molar-refractivity contribution in [2.45, 2.75) is 19.1 Å². The van der Waals surface area contributed by atoms with Crippen LogP contribution in [0.15, 0.2) is 0 Å². The van der Waals surface area contributed by atoms with Crippen LogP contribution in [0.1, 0.15) is 6.92 Å². The molecule has 0 radical (unpaired) electrons. The number of rotatable bonds is 1. The van der Waals surface area contributed by atoms with E-state index in [-0.39, 0.29) is 18.5 Å². The molecule has 0 amide bonds. The van der Waals surface area contributed by atoms with Crippen LogP contribution in [-0.4, -0.2) is 36.4 Å². The quantitative estimate of drug-likeness (QED) is 0.592. The van der Waals surface area contributed by atoms with E-state index >= 15 is 0 Å². The molecule has 1 rings (SSSR count). The lowest BCUT2D eigenvalue weighted by Crippen LogP contribution is -2.46. The number of nitrogens with one attached hydrogen (secondary N) is 1. The van der Waals surface area contributed by atoms with Gasteiger partial charge in [-0.2, -0.15) is 0 Å². The molecule has 2 atom stereocenters. The Bertz CT molecular complexity index is 142. The number of carboxylic acids is 1. The third-order valence-electron chi connectivity index (χ3n) is 1.43. The normalized spacial score (nSPS) is 30.6. The van der Waals surface area contributed by atoms with Gasteiger partial charge in [-0.1, -0.05) is 0 Å². The minimum absolute atomic E-state index is 0. The Kier molecular flexibility index (Phi) is 4.40. The van der Waals surface area contributed by atoms with E-state index in [4.69, 9.17) is 9.84 Å². The molecule has 5 heteroatoms. The Hall–Kier alpha value is -0.320. The highest BCUT2D eigenvalue weighted by Crippen LogP contribution is 2.02. The smallest absolute Gasteiger partial charge is 0.334 e. The summed E-state index contributed by atoms with van der Waals surface area (Å²) in [6.45, 7) is 3.01. The first kappa shape index (κ1) is 10.7. The Morgan fingerprint density at radius 2 is 2.27 bits per heavy atom. The Balaban J connectivity index is 0.000001000. The van der Waals surface area contributed by atoms with Crippen LogP contribution >= 0.6 is 12.4 Å². The lowest BCUT2D eigenvalue weighted by Gasteiger charge is -2.25. The summed E-state index contributed by atoms with van der Waals surface area (Å²) in [5.74, 6) is -0.890. The zero-order valence-electron chi connectivity index (χ0n) is 6.24. The number of morpholine rings is 1. The first-order valence-corrected chi connectivity index (χ1v) is 3.29. The van der Waals surface area contributed by atoms with E-state index in [1.165, 1.54) is 0 Å². The molecule has 1 fully saturated rings. The van der Waals surface area contributed by atoms with Crippen LogP contribution in [0.4, 0.5) is 0 Å². The molecule has 2 N–H and O–H groups in total. The maximum Gasteiger partial charge on any atom is 0.334 e. The molecule has 1 saturated heterocycles. The van der Waals surface area contributed by atoms with E-state index < -0.39 is 12.1 Å². The second-order valence-electron chi connectivity index (χ2n) is 2.43. The van der Waals surface area contributed by atoms with Gasteiger partial charge in [0.2, 0.25) is 0 Å². The van der Waals surface area contributed by atoms with E-state index in [1.807, 2.05) is 6.92 Å². The molecule has 0 spiro atoms. The molecule has 1 heterocycles. The van der Waals surface area contributed by atoms with Gasteiger partial charge in [0, 0.05) is 13.1 Å². The number of hydrogen-bond acceptors (Lipinski definition) is 3. The molecule has 66 valence electrons. The van der Waals surface area contributed by atoms with Gasteiger partial charge in [0.25, 0.3) is 0 Å². The molecule has 0 bridgehead atoms. The lowest BCUT2D eigenvalue weighted by atomic mass is 10.2. The Morgan fingerprint density at radius 3 is 2.64 bits per heavy atom. The largest absolute Gasteiger partial charge is 0.479 e. The van der Waals surface area contributed by atoms with Crippen LogP contribution in [0.3, 0.4) is 0 Å². The van der Waals surface area contributed by atoms with Crippen molar-refractivity contribution in [1.82, 2.24) is 5.32 Å². The average molecular weight is 182 g/mol. The Morgan fingerprint density at radius 1 is 1.64 bits per heavy atom. The van der Waals surface area contributed by atoms with Crippen molar-refractivity contribution in [3.05, 3.63) is 0 Å². The van der Waals surface area contributed by atoms with Gasteiger partial charge in [0.15, 0.2) is 6.10 Å². The topological polar surface area (TPSA) is 58.6 Å². The van der Waals surface area contributed by atoms with Crippen molar-refractivity contribution >= 4 is 18.4 Å². The first-order valence-electron chi connectivity index (χ1n) is 3.29. The van der Waals surface area contributed by atoms with Gasteiger partial charge in [0.05, 0.1) is 6.10 Å². The molecule has 1 aliphatic heterocycles. The molecule has 1 unspecified atom stereocenters. The second-order valence-corrected chi connectivity index (χ2v) is 2.43. The van der Waals surface area contributed by atoms with Gasteiger partial charge in [-0.3, -0.25) is 0 Å². The minimum Gasteiger partial charge on any atom is -0.479 e. The number of halogens is 1. The van der Waals surface area contributed by atoms with Crippen molar-refractivity contribution in [2.75, 3.05) is 13.1 Å². The van der Waals surface area contributed by atoms with Crippen molar-refractivity contribution in [2.24, 2.45) is 0 Å². The van der Waals surface area contributed by atoms with E-state index in [0.29, 0.717) is 6.54 Å². The van der Waals surface area contributed by atoms with Crippen LogP contribution in [0, 0.1) is 0 Å². The molecule has 11 heavy (non-hydrogen) atoms. The predicted octanol–water partition coefficient (Wildman–Crippen LogP) is -0.130. The molecule has 0 aromatic rings. The van der Waals surface area contributed by atoms with Gasteiger partial charge in [-0.25, -0.2) is 4.79 Å². The number of hydrogen-bond donors (Lipinski definition) is 2. The first-order chi connectivity index (χ1) is 4.70. The third-order valence-corrected chi connectivity index (χ3v) is 1.43. The van der Waals surface area contributed by atoms with E-state index in [0.717, 1.165) is 6.54 Å². The van der Waals surface area contributed by atoms with Crippen molar-refractivity contribution < 1.29 is 14.6 Å². The summed E-state index contributed by atoms with van der Waals surface area (Å²) in [4.78, 5) is 10.3. The fraction of sp³-hybridized carbons (Fsp3) is 0.833. The molecule has 1 aliphatic rings. The summed E-state index contributed by atoms with van der Waals surface area (Å²) in [7, 11) is 0. The highest BCUT2D eigenvalue weighted by molar-refractivity contribution is 5.85. The van der Waals surface area contributed by atoms with Crippen LogP contribution in [0.25, 0.3) is 0 Å². The van der Waals surface area contributed by atoms with Crippen LogP contribution < -0.4 is 5.32 Å². The molecule has 0 aromatic heterocycles. The second kappa shape index (κ2) is 4.54. The number of aliphatic carboxylic acids is 1. The molecular formula is C6H12ClNO3. The summed E-state index contributed by atoms with van der Waals surface area (Å²) in [5.41, 5.74) is 0. The minimum atomic E-state index is -0.890. The van der Waals surface area contributed by atoms with Gasteiger partial charge < -0.3 is 15.2 Å². The Labute approximate surface area is 71.3 Å². The zero-order chi connectivity index (χ0) is 7.56. The van der Waals surface area contributed by atoms with Crippen molar-refractivity contribution in [3.63, 3.8) is 0 Å². The van der Waals surface area contributed by atoms with Gasteiger partial charge in [0.1, 0.15) is 0 Å². The van der Waals surface area contributed by atoms with Crippen LogP contribution in [0.5, 0.6) is 0 Å². The number of carboxylic acid groups (broad SMARTS) is 1. The number of ether oxygens (including phenoxy) is 1. The van der Waals surface area contributed by atoms with Gasteiger partial charge in [-0.15, -0.1) is 12.4 Å². The SMILES string of the molecule is C[C@@H]1CNCC(C(=O)O)O1.Cl. The number of carbonyl (C=O) groups is 1. The summed E-state index contributed by atoms with van der Waals surface area (Å²) in [5, 5.41) is 11.5. The van der Waals surface area contributed by atoms with E-state index in [2.05, 4.69) is 5.32 Å². The standard InChI is InChI=1S/C6H11NO3.ClH/c1-4-2-7-3-5(10-4)6(8)9;/h4-5,7H,2-3H2,1H3,(H,8,9);1H/t4-,5?;/m1./s1. The molecule has 0 aliphatic carbocycles. The summed E-state index contributed by atoms with van der Waals surface area (Å²) in [6, 6.07) is 0. The van der Waals surface area contributed by atoms with Crippen LogP contribution in [-0.2, 0) is 9.53 Å². The molecular weight excluding hydrogens is 170 g/mol. The molecule has 0 saturated carbocycles. The lowest BCUT2D eigenvalue weighted by molar-refractivity contribution is -0.156. The fourth-order valence-electron chi connectivity index (χ4n) is 0.940. The van der Waals surface area contributed by atoms with E-state index in [1.54, 1.807) is 0 Å². The van der Waals surface area contributed by atoms with Gasteiger partial charge >= 0.3 is 5.97 Å². The average Bonchev–Trinajstić information content (AvgIpc) is 1.88. The third kappa shape index (κ3) is 3.05. The zero-order valence-corrected chi connectivity index (χ0v) is 7.06. The summed E-state index contributed by atoms with van der Waals surface area (Å²) < 4.78 is 5.09. The summed E-state index contributed by atoms with van der Waals surface area (Å²) in [6.07, 6.45) is -0.654. The fourth-order valence-corrected chi connectivity index (χ4v) is 0.940. The van der Waals surface area contributed by atoms with Crippen LogP contribution in [0.2, 0.25) is 0 Å². The molecule has 0 aromatic carbocycles. The highest BCUT2D eigenvalue weighted by Gasteiger charge is 2.24. The predicted molar refractivity (Wildman–Crippen MR) is 42.1 cm³/mol. The maximum atomic E-state index is 10.3.